The number of nitrogens with zero attached hydrogens (tertiary/aromatic N) is 1. The Labute approximate surface area is 230 Å². The maximum Gasteiger partial charge on any atom is 0.294 e. The Bertz CT molecular complexity index is 1330. The lowest BCUT2D eigenvalue weighted by Crippen LogP contribution is -2.36. The van der Waals surface area contributed by atoms with E-state index in [2.05, 4.69) is 27.9 Å². The second-order valence-corrected chi connectivity index (χ2v) is 10.3. The van der Waals surface area contributed by atoms with Gasteiger partial charge in [0, 0.05) is 14.3 Å². The molecule has 184 valence electrons. The number of anilines is 1. The molecule has 0 atom stereocenters. The molecule has 0 bridgehead atoms. The second kappa shape index (κ2) is 11.8. The Morgan fingerprint density at radius 2 is 1.78 bits per heavy atom. The summed E-state index contributed by atoms with van der Waals surface area (Å²) in [5.74, 6) is 0.0300. The average molecular weight is 635 g/mol. The van der Waals surface area contributed by atoms with E-state index in [0.717, 1.165) is 25.8 Å². The summed E-state index contributed by atoms with van der Waals surface area (Å²) in [5, 5.41) is 2.67. The van der Waals surface area contributed by atoms with Crippen LogP contribution >= 0.6 is 46.0 Å². The van der Waals surface area contributed by atoms with Gasteiger partial charge in [-0.2, -0.15) is 0 Å². The van der Waals surface area contributed by atoms with Gasteiger partial charge in [-0.15, -0.1) is 0 Å². The van der Waals surface area contributed by atoms with Crippen molar-refractivity contribution in [3.63, 3.8) is 0 Å². The molecular weight excluding hydrogens is 615 g/mol. The monoisotopic (exact) mass is 634 g/mol. The van der Waals surface area contributed by atoms with Crippen molar-refractivity contribution in [2.45, 2.75) is 6.61 Å². The normalized spacial score (nSPS) is 14.3. The van der Waals surface area contributed by atoms with Crippen LogP contribution in [0.15, 0.2) is 71.6 Å². The van der Waals surface area contributed by atoms with Gasteiger partial charge < -0.3 is 14.8 Å². The number of amides is 3. The van der Waals surface area contributed by atoms with Gasteiger partial charge in [0.2, 0.25) is 5.91 Å². The summed E-state index contributed by atoms with van der Waals surface area (Å²) in [4.78, 5) is 38.7. The number of ether oxygens (including phenoxy) is 2. The molecule has 10 heteroatoms. The molecule has 36 heavy (non-hydrogen) atoms. The lowest BCUT2D eigenvalue weighted by Gasteiger charge is -2.13. The first-order valence-electron chi connectivity index (χ1n) is 10.7. The van der Waals surface area contributed by atoms with Crippen LogP contribution in [0.25, 0.3) is 6.08 Å². The highest BCUT2D eigenvalue weighted by molar-refractivity contribution is 14.1. The Kier molecular flexibility index (Phi) is 8.55. The van der Waals surface area contributed by atoms with Crippen molar-refractivity contribution in [1.82, 2.24) is 4.90 Å². The molecule has 1 fully saturated rings. The van der Waals surface area contributed by atoms with E-state index in [1.165, 1.54) is 7.11 Å². The van der Waals surface area contributed by atoms with Crippen LogP contribution < -0.4 is 14.8 Å². The van der Waals surface area contributed by atoms with Crippen LogP contribution in [-0.2, 0) is 16.2 Å². The number of thioether (sulfide) groups is 1. The average Bonchev–Trinajstić information content (AvgIpc) is 3.12. The van der Waals surface area contributed by atoms with Crippen molar-refractivity contribution in [1.29, 1.82) is 0 Å². The van der Waals surface area contributed by atoms with Crippen molar-refractivity contribution < 1.29 is 23.9 Å². The van der Waals surface area contributed by atoms with Gasteiger partial charge >= 0.3 is 0 Å². The second-order valence-electron chi connectivity index (χ2n) is 7.65. The maximum atomic E-state index is 12.8. The van der Waals surface area contributed by atoms with Gasteiger partial charge in [-0.05, 0) is 100 Å². The van der Waals surface area contributed by atoms with Crippen LogP contribution in [0.2, 0.25) is 5.02 Å². The van der Waals surface area contributed by atoms with Gasteiger partial charge in [0.25, 0.3) is 11.1 Å². The van der Waals surface area contributed by atoms with Crippen molar-refractivity contribution in [2.75, 3.05) is 19.0 Å². The molecule has 3 amide bonds. The maximum absolute atomic E-state index is 12.8. The van der Waals surface area contributed by atoms with Gasteiger partial charge in [-0.1, -0.05) is 29.8 Å². The topological polar surface area (TPSA) is 84.9 Å². The van der Waals surface area contributed by atoms with Gasteiger partial charge in [0.05, 0.1) is 12.0 Å². The number of hydrogen-bond acceptors (Lipinski definition) is 6. The molecule has 7 nitrogen and oxygen atoms in total. The van der Waals surface area contributed by atoms with E-state index < -0.39 is 17.1 Å². The lowest BCUT2D eigenvalue weighted by molar-refractivity contribution is -0.127. The SMILES string of the molecule is COc1cc(/C=C2\SC(=O)N(CC(=O)Nc3ccc(Cl)cc3)C2=O)ccc1OCc1ccc(I)cc1. The summed E-state index contributed by atoms with van der Waals surface area (Å²) in [6.07, 6.45) is 1.59. The van der Waals surface area contributed by atoms with Gasteiger partial charge in [-0.3, -0.25) is 19.3 Å². The zero-order chi connectivity index (χ0) is 25.7. The molecule has 4 rings (SSSR count). The lowest BCUT2D eigenvalue weighted by atomic mass is 10.1. The molecule has 0 saturated carbocycles. The third-order valence-corrected chi connectivity index (χ3v) is 6.97. The molecule has 1 N–H and O–H groups in total. The van der Waals surface area contributed by atoms with Gasteiger partial charge in [0.1, 0.15) is 13.2 Å². The molecule has 1 aliphatic rings. The minimum absolute atomic E-state index is 0.217. The molecule has 0 spiro atoms. The number of carbonyl (C=O) groups is 3. The Balaban J connectivity index is 1.42. The van der Waals surface area contributed by atoms with E-state index in [0.29, 0.717) is 34.4 Å². The van der Waals surface area contributed by atoms with E-state index in [-0.39, 0.29) is 11.4 Å². The predicted octanol–water partition coefficient (Wildman–Crippen LogP) is 6.21. The summed E-state index contributed by atoms with van der Waals surface area (Å²) in [6, 6.07) is 19.8. The summed E-state index contributed by atoms with van der Waals surface area (Å²) < 4.78 is 12.5. The highest BCUT2D eigenvalue weighted by atomic mass is 127. The van der Waals surface area contributed by atoms with Gasteiger partial charge in [0.15, 0.2) is 11.5 Å². The molecule has 0 aliphatic carbocycles. The predicted molar refractivity (Wildman–Crippen MR) is 149 cm³/mol. The number of rotatable bonds is 8. The molecular formula is C26H20ClIN2O5S. The Morgan fingerprint density at radius 1 is 1.06 bits per heavy atom. The van der Waals surface area contributed by atoms with Crippen LogP contribution in [-0.4, -0.2) is 35.6 Å². The van der Waals surface area contributed by atoms with E-state index in [1.807, 2.05) is 24.3 Å². The van der Waals surface area contributed by atoms with E-state index >= 15 is 0 Å². The van der Waals surface area contributed by atoms with Crippen LogP contribution in [0, 0.1) is 3.57 Å². The quantitative estimate of drug-likeness (QED) is 0.235. The smallest absolute Gasteiger partial charge is 0.294 e. The van der Waals surface area contributed by atoms with E-state index in [9.17, 15) is 14.4 Å². The highest BCUT2D eigenvalue weighted by Gasteiger charge is 2.36. The summed E-state index contributed by atoms with van der Waals surface area (Å²) in [6.45, 7) is -0.0110. The fraction of sp³-hybridized carbons (Fsp3) is 0.115. The minimum atomic E-state index is -0.533. The number of halogens is 2. The number of benzene rings is 3. The van der Waals surface area contributed by atoms with Crippen molar-refractivity contribution in [3.8, 4) is 11.5 Å². The molecule has 1 saturated heterocycles. The van der Waals surface area contributed by atoms with Gasteiger partial charge in [-0.25, -0.2) is 0 Å². The third-order valence-electron chi connectivity index (χ3n) is 5.10. The molecule has 0 aromatic heterocycles. The van der Waals surface area contributed by atoms with E-state index in [4.69, 9.17) is 21.1 Å². The molecule has 0 unspecified atom stereocenters. The fourth-order valence-corrected chi connectivity index (χ4v) is 4.62. The summed E-state index contributed by atoms with van der Waals surface area (Å²) in [5.41, 5.74) is 2.20. The van der Waals surface area contributed by atoms with Crippen molar-refractivity contribution >= 4 is 74.8 Å². The zero-order valence-electron chi connectivity index (χ0n) is 19.0. The van der Waals surface area contributed by atoms with Crippen LogP contribution in [0.4, 0.5) is 10.5 Å². The number of nitrogens with one attached hydrogen (secondary N) is 1. The fourth-order valence-electron chi connectivity index (χ4n) is 3.30. The Hall–Kier alpha value is -3.02. The number of carbonyl (C=O) groups excluding carboxylic acids is 3. The molecule has 3 aromatic rings. The highest BCUT2D eigenvalue weighted by Crippen LogP contribution is 2.34. The molecule has 1 aliphatic heterocycles. The van der Waals surface area contributed by atoms with Crippen LogP contribution in [0.1, 0.15) is 11.1 Å². The summed E-state index contributed by atoms with van der Waals surface area (Å²) in [7, 11) is 1.53. The first-order valence-corrected chi connectivity index (χ1v) is 13.0. The standard InChI is InChI=1S/C26H20ClIN2O5S/c1-34-22-12-17(4-11-21(22)35-15-16-2-7-19(28)8-3-16)13-23-25(32)30(26(33)36-23)14-24(31)29-20-9-5-18(27)6-10-20/h2-13H,14-15H2,1H3,(H,29,31)/b23-13-. The minimum Gasteiger partial charge on any atom is -0.493 e. The molecule has 1 heterocycles. The molecule has 0 radical (unpaired) electrons. The molecule has 3 aromatic carbocycles. The third kappa shape index (κ3) is 6.59. The first-order chi connectivity index (χ1) is 17.3. The zero-order valence-corrected chi connectivity index (χ0v) is 22.7. The largest absolute Gasteiger partial charge is 0.493 e. The first kappa shape index (κ1) is 26.1. The Morgan fingerprint density at radius 3 is 2.47 bits per heavy atom. The number of methoxy groups -OCH3 is 1. The van der Waals surface area contributed by atoms with Crippen LogP contribution in [0.3, 0.4) is 0 Å². The van der Waals surface area contributed by atoms with E-state index in [1.54, 1.807) is 48.5 Å². The number of imide groups is 1. The van der Waals surface area contributed by atoms with Crippen molar-refractivity contribution in [3.05, 3.63) is 91.4 Å². The number of hydrogen-bond donors (Lipinski definition) is 1. The summed E-state index contributed by atoms with van der Waals surface area (Å²) >= 11 is 8.87. The van der Waals surface area contributed by atoms with Crippen LogP contribution in [0.5, 0.6) is 11.5 Å². The van der Waals surface area contributed by atoms with Crippen molar-refractivity contribution in [2.24, 2.45) is 0 Å².